The second-order valence-electron chi connectivity index (χ2n) is 3.62. The summed E-state index contributed by atoms with van der Waals surface area (Å²) < 4.78 is 0. The molecule has 0 bridgehead atoms. The molecule has 0 aromatic carbocycles. The van der Waals surface area contributed by atoms with Crippen LogP contribution in [0.2, 0.25) is 0 Å². The van der Waals surface area contributed by atoms with Crippen LogP contribution in [0.4, 0.5) is 0 Å². The van der Waals surface area contributed by atoms with Crippen LogP contribution in [0.5, 0.6) is 0 Å². The largest absolute Gasteiger partial charge is 0.0882 e. The van der Waals surface area contributed by atoms with Crippen LogP contribution < -0.4 is 0 Å². The summed E-state index contributed by atoms with van der Waals surface area (Å²) in [5.74, 6) is 1.68. The Morgan fingerprint density at radius 3 is 2.73 bits per heavy atom. The van der Waals surface area contributed by atoms with Crippen molar-refractivity contribution < 1.29 is 0 Å². The standard InChI is InChI=1S/C11H17/c1-3-6-10(2)9-11-7-4-5-8-11/h1,3-5,10-11H,6-9H2,2H3. The highest BCUT2D eigenvalue weighted by Gasteiger charge is 2.12. The van der Waals surface area contributed by atoms with E-state index < -0.39 is 0 Å². The van der Waals surface area contributed by atoms with Crippen molar-refractivity contribution in [1.82, 2.24) is 0 Å². The molecule has 0 nitrogen and oxygen atoms in total. The summed E-state index contributed by atoms with van der Waals surface area (Å²) in [6, 6.07) is 0. The van der Waals surface area contributed by atoms with Gasteiger partial charge in [-0.1, -0.05) is 31.7 Å². The highest BCUT2D eigenvalue weighted by molar-refractivity contribution is 4.94. The third-order valence-corrected chi connectivity index (χ3v) is 2.38. The second kappa shape index (κ2) is 4.38. The monoisotopic (exact) mass is 149 g/mol. The first-order valence-electron chi connectivity index (χ1n) is 4.51. The molecule has 0 saturated heterocycles. The smallest absolute Gasteiger partial charge is 0.0319 e. The fourth-order valence-corrected chi connectivity index (χ4v) is 1.76. The molecule has 1 rings (SSSR count). The van der Waals surface area contributed by atoms with E-state index in [0.717, 1.165) is 18.3 Å². The van der Waals surface area contributed by atoms with E-state index in [1.165, 1.54) is 19.3 Å². The zero-order valence-corrected chi connectivity index (χ0v) is 7.29. The van der Waals surface area contributed by atoms with E-state index in [1.54, 1.807) is 6.08 Å². The van der Waals surface area contributed by atoms with Crippen molar-refractivity contribution in [3.63, 3.8) is 0 Å². The maximum absolute atomic E-state index is 5.36. The lowest BCUT2D eigenvalue weighted by molar-refractivity contribution is 0.409. The van der Waals surface area contributed by atoms with Gasteiger partial charge in [-0.25, -0.2) is 0 Å². The molecule has 0 heteroatoms. The average Bonchev–Trinajstić information content (AvgIpc) is 2.40. The number of allylic oxidation sites excluding steroid dienone is 3. The molecule has 0 aromatic rings. The summed E-state index contributed by atoms with van der Waals surface area (Å²) in [7, 11) is 0. The molecule has 0 aromatic heterocycles. The lowest BCUT2D eigenvalue weighted by Gasteiger charge is -2.13. The van der Waals surface area contributed by atoms with Crippen LogP contribution in [-0.4, -0.2) is 0 Å². The average molecular weight is 149 g/mol. The van der Waals surface area contributed by atoms with Crippen molar-refractivity contribution >= 4 is 0 Å². The first kappa shape index (κ1) is 8.58. The number of rotatable bonds is 4. The van der Waals surface area contributed by atoms with Crippen LogP contribution in [0.25, 0.3) is 0 Å². The lowest BCUT2D eigenvalue weighted by atomic mass is 9.92. The molecular formula is C11H17. The van der Waals surface area contributed by atoms with Gasteiger partial charge in [0.25, 0.3) is 0 Å². The Balaban J connectivity index is 2.14. The second-order valence-corrected chi connectivity index (χ2v) is 3.62. The van der Waals surface area contributed by atoms with E-state index in [1.807, 2.05) is 0 Å². The van der Waals surface area contributed by atoms with Crippen molar-refractivity contribution in [2.24, 2.45) is 11.8 Å². The zero-order valence-electron chi connectivity index (χ0n) is 7.29. The van der Waals surface area contributed by atoms with Gasteiger partial charge in [-0.15, -0.1) is 0 Å². The van der Waals surface area contributed by atoms with Gasteiger partial charge in [0.2, 0.25) is 0 Å². The summed E-state index contributed by atoms with van der Waals surface area (Å²) in [5.41, 5.74) is 0. The normalized spacial score (nSPS) is 20.5. The molecule has 0 N–H and O–H groups in total. The minimum absolute atomic E-state index is 0.768. The third kappa shape index (κ3) is 2.92. The number of hydrogen-bond acceptors (Lipinski definition) is 0. The van der Waals surface area contributed by atoms with Gasteiger partial charge in [0, 0.05) is 0 Å². The summed E-state index contributed by atoms with van der Waals surface area (Å²) in [4.78, 5) is 0. The van der Waals surface area contributed by atoms with Crippen LogP contribution in [0.15, 0.2) is 18.2 Å². The van der Waals surface area contributed by atoms with Gasteiger partial charge >= 0.3 is 0 Å². The molecular weight excluding hydrogens is 132 g/mol. The molecule has 1 unspecified atom stereocenters. The summed E-state index contributed by atoms with van der Waals surface area (Å²) in [5, 5.41) is 0. The van der Waals surface area contributed by atoms with Gasteiger partial charge < -0.3 is 0 Å². The Kier molecular flexibility index (Phi) is 3.41. The molecule has 61 valence electrons. The van der Waals surface area contributed by atoms with Gasteiger partial charge in [0.15, 0.2) is 0 Å². The Bertz CT molecular complexity index is 136. The van der Waals surface area contributed by atoms with Gasteiger partial charge in [-0.3, -0.25) is 0 Å². The minimum Gasteiger partial charge on any atom is -0.0882 e. The van der Waals surface area contributed by atoms with E-state index in [9.17, 15) is 0 Å². The molecule has 0 aliphatic heterocycles. The van der Waals surface area contributed by atoms with Crippen molar-refractivity contribution in [2.75, 3.05) is 0 Å². The van der Waals surface area contributed by atoms with Crippen LogP contribution in [0.1, 0.15) is 32.6 Å². The molecule has 1 radical (unpaired) electrons. The summed E-state index contributed by atoms with van der Waals surface area (Å²) >= 11 is 0. The van der Waals surface area contributed by atoms with E-state index >= 15 is 0 Å². The molecule has 0 fully saturated rings. The molecule has 0 saturated carbocycles. The highest BCUT2D eigenvalue weighted by Crippen LogP contribution is 2.26. The topological polar surface area (TPSA) is 0 Å². The van der Waals surface area contributed by atoms with Crippen molar-refractivity contribution in [2.45, 2.75) is 32.6 Å². The highest BCUT2D eigenvalue weighted by atomic mass is 14.2. The summed E-state index contributed by atoms with van der Waals surface area (Å²) in [6.07, 6.45) is 11.3. The van der Waals surface area contributed by atoms with E-state index in [4.69, 9.17) is 6.58 Å². The lowest BCUT2D eigenvalue weighted by Crippen LogP contribution is -2.01. The van der Waals surface area contributed by atoms with Gasteiger partial charge in [-0.2, -0.15) is 0 Å². The van der Waals surface area contributed by atoms with E-state index in [2.05, 4.69) is 19.1 Å². The molecule has 1 atom stereocenters. The molecule has 0 spiro atoms. The molecule has 11 heavy (non-hydrogen) atoms. The first-order valence-corrected chi connectivity index (χ1v) is 4.51. The Morgan fingerprint density at radius 1 is 1.55 bits per heavy atom. The SMILES string of the molecule is [CH]=CCC(C)CC1CC=CC1. The predicted molar refractivity (Wildman–Crippen MR) is 49.1 cm³/mol. The fraction of sp³-hybridized carbons (Fsp3) is 0.636. The van der Waals surface area contributed by atoms with Crippen molar-refractivity contribution in [3.05, 3.63) is 24.8 Å². The van der Waals surface area contributed by atoms with Crippen LogP contribution in [0.3, 0.4) is 0 Å². The summed E-state index contributed by atoms with van der Waals surface area (Å²) in [6.45, 7) is 7.64. The fourth-order valence-electron chi connectivity index (χ4n) is 1.76. The molecule has 0 heterocycles. The maximum atomic E-state index is 5.36. The number of hydrogen-bond donors (Lipinski definition) is 0. The Hall–Kier alpha value is -0.520. The Morgan fingerprint density at radius 2 is 2.18 bits per heavy atom. The maximum Gasteiger partial charge on any atom is -0.0319 e. The third-order valence-electron chi connectivity index (χ3n) is 2.38. The molecule has 1 aliphatic rings. The minimum atomic E-state index is 0.768. The van der Waals surface area contributed by atoms with E-state index in [-0.39, 0.29) is 0 Å². The van der Waals surface area contributed by atoms with Crippen LogP contribution >= 0.6 is 0 Å². The van der Waals surface area contributed by atoms with Crippen molar-refractivity contribution in [3.8, 4) is 0 Å². The quantitative estimate of drug-likeness (QED) is 0.538. The molecule has 1 aliphatic carbocycles. The molecule has 0 amide bonds. The first-order chi connectivity index (χ1) is 5.33. The van der Waals surface area contributed by atoms with Gasteiger partial charge in [-0.05, 0) is 37.5 Å². The van der Waals surface area contributed by atoms with Gasteiger partial charge in [0.1, 0.15) is 0 Å². The Labute approximate surface area is 70.0 Å². The van der Waals surface area contributed by atoms with Crippen molar-refractivity contribution in [1.29, 1.82) is 0 Å². The predicted octanol–water partition coefficient (Wildman–Crippen LogP) is 3.36. The van der Waals surface area contributed by atoms with Gasteiger partial charge in [0.05, 0.1) is 0 Å². The zero-order chi connectivity index (χ0) is 8.10. The van der Waals surface area contributed by atoms with Crippen LogP contribution in [0, 0.1) is 18.4 Å². The van der Waals surface area contributed by atoms with Crippen LogP contribution in [-0.2, 0) is 0 Å². The van der Waals surface area contributed by atoms with E-state index in [0.29, 0.717) is 0 Å².